The van der Waals surface area contributed by atoms with Gasteiger partial charge in [-0.3, -0.25) is 9.59 Å². The van der Waals surface area contributed by atoms with Crippen molar-refractivity contribution in [3.8, 4) is 0 Å². The number of H-pyrrole nitrogens is 1. The van der Waals surface area contributed by atoms with E-state index in [-0.39, 0.29) is 16.5 Å². The summed E-state index contributed by atoms with van der Waals surface area (Å²) in [7, 11) is 0. The molecule has 0 aliphatic heterocycles. The number of nitrogens with one attached hydrogen (secondary N) is 1. The standard InChI is InChI=1S/C10H14N2O2/c1-6-7(5-13)8(14)12-9(11-6)10(2,3)4/h5H,1-4H3,(H,11,12,14). The van der Waals surface area contributed by atoms with Gasteiger partial charge in [0.2, 0.25) is 0 Å². The van der Waals surface area contributed by atoms with Crippen molar-refractivity contribution >= 4 is 6.29 Å². The molecule has 4 heteroatoms. The molecule has 1 aromatic rings. The first-order chi connectivity index (χ1) is 6.36. The zero-order valence-corrected chi connectivity index (χ0v) is 8.84. The number of aromatic amines is 1. The van der Waals surface area contributed by atoms with Crippen LogP contribution < -0.4 is 5.56 Å². The highest BCUT2D eigenvalue weighted by Gasteiger charge is 2.18. The van der Waals surface area contributed by atoms with E-state index in [1.807, 2.05) is 20.8 Å². The van der Waals surface area contributed by atoms with Gasteiger partial charge in [-0.2, -0.15) is 0 Å². The van der Waals surface area contributed by atoms with E-state index in [1.165, 1.54) is 0 Å². The Bertz CT molecular complexity index is 413. The third kappa shape index (κ3) is 1.89. The van der Waals surface area contributed by atoms with Crippen molar-refractivity contribution in [2.24, 2.45) is 0 Å². The van der Waals surface area contributed by atoms with Gasteiger partial charge >= 0.3 is 0 Å². The quantitative estimate of drug-likeness (QED) is 0.683. The number of aldehydes is 1. The van der Waals surface area contributed by atoms with Crippen molar-refractivity contribution in [3.63, 3.8) is 0 Å². The molecule has 0 amide bonds. The molecule has 1 N–H and O–H groups in total. The molecule has 0 bridgehead atoms. The predicted molar refractivity (Wildman–Crippen MR) is 53.7 cm³/mol. The van der Waals surface area contributed by atoms with Gasteiger partial charge in [-0.15, -0.1) is 0 Å². The second-order valence-corrected chi connectivity index (χ2v) is 4.28. The molecule has 0 spiro atoms. The Morgan fingerprint density at radius 3 is 2.29 bits per heavy atom. The lowest BCUT2D eigenvalue weighted by molar-refractivity contribution is 0.112. The summed E-state index contributed by atoms with van der Waals surface area (Å²) in [6.45, 7) is 7.51. The molecule has 0 aliphatic rings. The molecule has 0 aliphatic carbocycles. The average molecular weight is 194 g/mol. The normalized spacial score (nSPS) is 11.4. The lowest BCUT2D eigenvalue weighted by Gasteiger charge is -2.17. The maximum absolute atomic E-state index is 11.4. The molecule has 0 unspecified atom stereocenters. The van der Waals surface area contributed by atoms with E-state index in [1.54, 1.807) is 6.92 Å². The Morgan fingerprint density at radius 1 is 1.36 bits per heavy atom. The van der Waals surface area contributed by atoms with Crippen LogP contribution in [0.4, 0.5) is 0 Å². The number of aryl methyl sites for hydroxylation is 1. The molecule has 0 aromatic carbocycles. The first kappa shape index (κ1) is 10.6. The van der Waals surface area contributed by atoms with Gasteiger partial charge in [0.15, 0.2) is 6.29 Å². The van der Waals surface area contributed by atoms with Crippen LogP contribution in [0.1, 0.15) is 42.6 Å². The lowest BCUT2D eigenvalue weighted by atomic mass is 9.95. The number of carbonyl (C=O) groups excluding carboxylic acids is 1. The minimum absolute atomic E-state index is 0.109. The van der Waals surface area contributed by atoms with Crippen LogP contribution in [-0.2, 0) is 5.41 Å². The van der Waals surface area contributed by atoms with Gasteiger partial charge < -0.3 is 4.98 Å². The smallest absolute Gasteiger partial charge is 0.261 e. The molecule has 1 rings (SSSR count). The first-order valence-corrected chi connectivity index (χ1v) is 4.43. The molecule has 1 aromatic heterocycles. The Balaban J connectivity index is 3.43. The van der Waals surface area contributed by atoms with Gasteiger partial charge in [-0.1, -0.05) is 20.8 Å². The Morgan fingerprint density at radius 2 is 1.93 bits per heavy atom. The van der Waals surface area contributed by atoms with Gasteiger partial charge in [-0.05, 0) is 6.92 Å². The van der Waals surface area contributed by atoms with Crippen LogP contribution in [-0.4, -0.2) is 16.3 Å². The van der Waals surface area contributed by atoms with Crippen LogP contribution in [0.15, 0.2) is 4.79 Å². The Labute approximate surface area is 82.4 Å². The molecule has 0 atom stereocenters. The summed E-state index contributed by atoms with van der Waals surface area (Å²) in [5.41, 5.74) is 0.00909. The summed E-state index contributed by atoms with van der Waals surface area (Å²) in [5.74, 6) is 0.602. The molecule has 76 valence electrons. The number of nitrogens with zero attached hydrogens (tertiary/aromatic N) is 1. The van der Waals surface area contributed by atoms with E-state index in [4.69, 9.17) is 0 Å². The molecule has 14 heavy (non-hydrogen) atoms. The molecular weight excluding hydrogens is 180 g/mol. The number of aromatic nitrogens is 2. The highest BCUT2D eigenvalue weighted by atomic mass is 16.1. The van der Waals surface area contributed by atoms with Crippen LogP contribution in [0.25, 0.3) is 0 Å². The topological polar surface area (TPSA) is 62.8 Å². The maximum atomic E-state index is 11.4. The highest BCUT2D eigenvalue weighted by Crippen LogP contribution is 2.16. The molecule has 0 fully saturated rings. The monoisotopic (exact) mass is 194 g/mol. The molecule has 1 heterocycles. The molecule has 4 nitrogen and oxygen atoms in total. The second kappa shape index (κ2) is 3.36. The maximum Gasteiger partial charge on any atom is 0.261 e. The zero-order chi connectivity index (χ0) is 10.9. The van der Waals surface area contributed by atoms with Crippen LogP contribution in [0.5, 0.6) is 0 Å². The number of hydrogen-bond donors (Lipinski definition) is 1. The number of rotatable bonds is 1. The fourth-order valence-electron chi connectivity index (χ4n) is 1.09. The van der Waals surface area contributed by atoms with E-state index in [9.17, 15) is 9.59 Å². The van der Waals surface area contributed by atoms with E-state index >= 15 is 0 Å². The van der Waals surface area contributed by atoms with Crippen molar-refractivity contribution in [2.45, 2.75) is 33.1 Å². The summed E-state index contributed by atoms with van der Waals surface area (Å²) in [5, 5.41) is 0. The van der Waals surface area contributed by atoms with Crippen molar-refractivity contribution in [1.82, 2.24) is 9.97 Å². The Hall–Kier alpha value is -1.45. The van der Waals surface area contributed by atoms with Crippen molar-refractivity contribution < 1.29 is 4.79 Å². The Kier molecular flexibility index (Phi) is 2.55. The fraction of sp³-hybridized carbons (Fsp3) is 0.500. The summed E-state index contributed by atoms with van der Waals surface area (Å²) in [6, 6.07) is 0. The summed E-state index contributed by atoms with van der Waals surface area (Å²) >= 11 is 0. The highest BCUT2D eigenvalue weighted by molar-refractivity contribution is 5.75. The third-order valence-corrected chi connectivity index (χ3v) is 1.97. The van der Waals surface area contributed by atoms with E-state index < -0.39 is 0 Å². The molecular formula is C10H14N2O2. The number of carbonyl (C=O) groups is 1. The van der Waals surface area contributed by atoms with Gasteiger partial charge in [0, 0.05) is 5.41 Å². The predicted octanol–water partition coefficient (Wildman–Crippen LogP) is 1.19. The van der Waals surface area contributed by atoms with Crippen LogP contribution >= 0.6 is 0 Å². The lowest BCUT2D eigenvalue weighted by Crippen LogP contribution is -2.25. The van der Waals surface area contributed by atoms with Crippen molar-refractivity contribution in [3.05, 3.63) is 27.4 Å². The minimum Gasteiger partial charge on any atom is -0.309 e. The summed E-state index contributed by atoms with van der Waals surface area (Å²) < 4.78 is 0. The second-order valence-electron chi connectivity index (χ2n) is 4.28. The van der Waals surface area contributed by atoms with Crippen LogP contribution in [0.2, 0.25) is 0 Å². The van der Waals surface area contributed by atoms with Gasteiger partial charge in [0.05, 0.1) is 5.69 Å². The van der Waals surface area contributed by atoms with Crippen molar-refractivity contribution in [2.75, 3.05) is 0 Å². The van der Waals surface area contributed by atoms with Crippen molar-refractivity contribution in [1.29, 1.82) is 0 Å². The van der Waals surface area contributed by atoms with Gasteiger partial charge in [-0.25, -0.2) is 4.98 Å². The van der Waals surface area contributed by atoms with Crippen LogP contribution in [0, 0.1) is 6.92 Å². The minimum atomic E-state index is -0.363. The first-order valence-electron chi connectivity index (χ1n) is 4.43. The zero-order valence-electron chi connectivity index (χ0n) is 8.84. The third-order valence-electron chi connectivity index (χ3n) is 1.97. The SMILES string of the molecule is Cc1nc(C(C)(C)C)[nH]c(=O)c1C=O. The average Bonchev–Trinajstić information content (AvgIpc) is 2.01. The van der Waals surface area contributed by atoms with E-state index in [0.29, 0.717) is 17.8 Å². The summed E-state index contributed by atoms with van der Waals surface area (Å²) in [4.78, 5) is 28.8. The van der Waals surface area contributed by atoms with Gasteiger partial charge in [0.25, 0.3) is 5.56 Å². The van der Waals surface area contributed by atoms with Crippen LogP contribution in [0.3, 0.4) is 0 Å². The largest absolute Gasteiger partial charge is 0.309 e. The molecule has 0 saturated heterocycles. The number of hydrogen-bond acceptors (Lipinski definition) is 3. The van der Waals surface area contributed by atoms with Gasteiger partial charge in [0.1, 0.15) is 11.4 Å². The fourth-order valence-corrected chi connectivity index (χ4v) is 1.09. The molecule has 0 radical (unpaired) electrons. The molecule has 0 saturated carbocycles. The van der Waals surface area contributed by atoms with E-state index in [2.05, 4.69) is 9.97 Å². The summed E-state index contributed by atoms with van der Waals surface area (Å²) in [6.07, 6.45) is 0.535. The van der Waals surface area contributed by atoms with E-state index in [0.717, 1.165) is 0 Å².